The molecule has 0 fully saturated rings. The van der Waals surface area contributed by atoms with Crippen LogP contribution in [0.1, 0.15) is 18.1 Å². The standard InChI is InChI=1S/C12H14O3/c1-8(2)12(14)15-7-10-4-9(3)5-11(13)6-10/h4-6,13H,1,7H2,2-3H3. The zero-order chi connectivity index (χ0) is 11.4. The summed E-state index contributed by atoms with van der Waals surface area (Å²) in [7, 11) is 0. The maximum absolute atomic E-state index is 11.1. The number of aromatic hydroxyl groups is 1. The van der Waals surface area contributed by atoms with Crippen LogP contribution in [0, 0.1) is 6.92 Å². The summed E-state index contributed by atoms with van der Waals surface area (Å²) in [6, 6.07) is 5.06. The smallest absolute Gasteiger partial charge is 0.333 e. The summed E-state index contributed by atoms with van der Waals surface area (Å²) in [6.07, 6.45) is 0. The predicted molar refractivity (Wildman–Crippen MR) is 57.5 cm³/mol. The monoisotopic (exact) mass is 206 g/mol. The van der Waals surface area contributed by atoms with E-state index < -0.39 is 5.97 Å². The number of phenolic OH excluding ortho intramolecular Hbond substituents is 1. The van der Waals surface area contributed by atoms with Gasteiger partial charge in [0.2, 0.25) is 0 Å². The average molecular weight is 206 g/mol. The Balaban J connectivity index is 2.65. The van der Waals surface area contributed by atoms with Crippen molar-refractivity contribution in [3.63, 3.8) is 0 Å². The van der Waals surface area contributed by atoms with Crippen molar-refractivity contribution >= 4 is 5.97 Å². The maximum Gasteiger partial charge on any atom is 0.333 e. The Morgan fingerprint density at radius 2 is 2.13 bits per heavy atom. The largest absolute Gasteiger partial charge is 0.508 e. The predicted octanol–water partition coefficient (Wildman–Crippen LogP) is 2.32. The van der Waals surface area contributed by atoms with Gasteiger partial charge in [0.1, 0.15) is 12.4 Å². The SMILES string of the molecule is C=C(C)C(=O)OCc1cc(C)cc(O)c1. The van der Waals surface area contributed by atoms with Crippen molar-refractivity contribution in [2.45, 2.75) is 20.5 Å². The molecule has 1 aromatic rings. The highest BCUT2D eigenvalue weighted by Gasteiger charge is 2.04. The molecule has 0 radical (unpaired) electrons. The first-order valence-corrected chi connectivity index (χ1v) is 4.61. The second-order valence-electron chi connectivity index (χ2n) is 3.53. The van der Waals surface area contributed by atoms with E-state index in [4.69, 9.17) is 4.74 Å². The summed E-state index contributed by atoms with van der Waals surface area (Å²) in [5, 5.41) is 9.31. The number of rotatable bonds is 3. The van der Waals surface area contributed by atoms with Crippen LogP contribution in [0.2, 0.25) is 0 Å². The topological polar surface area (TPSA) is 46.5 Å². The van der Waals surface area contributed by atoms with E-state index in [1.165, 1.54) is 0 Å². The highest BCUT2D eigenvalue weighted by molar-refractivity contribution is 5.86. The van der Waals surface area contributed by atoms with Gasteiger partial charge in [0, 0.05) is 5.57 Å². The Hall–Kier alpha value is -1.77. The fourth-order valence-corrected chi connectivity index (χ4v) is 1.20. The van der Waals surface area contributed by atoms with Gasteiger partial charge in [-0.05, 0) is 37.1 Å². The maximum atomic E-state index is 11.1. The molecular weight excluding hydrogens is 192 g/mol. The molecule has 0 amide bonds. The van der Waals surface area contributed by atoms with E-state index in [9.17, 15) is 9.90 Å². The number of aryl methyl sites for hydroxylation is 1. The fraction of sp³-hybridized carbons (Fsp3) is 0.250. The molecule has 0 heterocycles. The van der Waals surface area contributed by atoms with Crippen LogP contribution in [0.4, 0.5) is 0 Å². The lowest BCUT2D eigenvalue weighted by atomic mass is 10.1. The summed E-state index contributed by atoms with van der Waals surface area (Å²) in [4.78, 5) is 11.1. The van der Waals surface area contributed by atoms with E-state index in [-0.39, 0.29) is 12.4 Å². The molecule has 0 unspecified atom stereocenters. The van der Waals surface area contributed by atoms with Crippen molar-refractivity contribution in [1.29, 1.82) is 0 Å². The van der Waals surface area contributed by atoms with Gasteiger partial charge in [0.05, 0.1) is 0 Å². The molecule has 0 saturated heterocycles. The van der Waals surface area contributed by atoms with Crippen molar-refractivity contribution in [2.24, 2.45) is 0 Å². The number of benzene rings is 1. The third-order valence-corrected chi connectivity index (χ3v) is 1.84. The molecule has 0 aliphatic heterocycles. The zero-order valence-electron chi connectivity index (χ0n) is 8.91. The summed E-state index contributed by atoms with van der Waals surface area (Å²) in [5.74, 6) is -0.243. The van der Waals surface area contributed by atoms with Crippen LogP contribution in [-0.2, 0) is 16.1 Å². The van der Waals surface area contributed by atoms with Crippen LogP contribution >= 0.6 is 0 Å². The summed E-state index contributed by atoms with van der Waals surface area (Å²) < 4.78 is 4.95. The number of esters is 1. The van der Waals surface area contributed by atoms with Gasteiger partial charge in [-0.15, -0.1) is 0 Å². The number of carbonyl (C=O) groups is 1. The normalized spacial score (nSPS) is 9.73. The van der Waals surface area contributed by atoms with E-state index in [0.717, 1.165) is 11.1 Å². The Labute approximate surface area is 89.0 Å². The molecule has 0 saturated carbocycles. The molecule has 0 aromatic heterocycles. The van der Waals surface area contributed by atoms with Crippen LogP contribution in [0.5, 0.6) is 5.75 Å². The van der Waals surface area contributed by atoms with Crippen LogP contribution in [0.15, 0.2) is 30.4 Å². The lowest BCUT2D eigenvalue weighted by Crippen LogP contribution is -2.04. The first-order chi connectivity index (χ1) is 6.99. The van der Waals surface area contributed by atoms with Crippen LogP contribution < -0.4 is 0 Å². The van der Waals surface area contributed by atoms with Crippen molar-refractivity contribution in [1.82, 2.24) is 0 Å². The third-order valence-electron chi connectivity index (χ3n) is 1.84. The highest BCUT2D eigenvalue weighted by atomic mass is 16.5. The summed E-state index contributed by atoms with van der Waals surface area (Å²) in [6.45, 7) is 7.09. The molecule has 0 aliphatic carbocycles. The summed E-state index contributed by atoms with van der Waals surface area (Å²) in [5.41, 5.74) is 2.06. The van der Waals surface area contributed by atoms with E-state index >= 15 is 0 Å². The molecule has 1 aromatic carbocycles. The molecular formula is C12H14O3. The van der Waals surface area contributed by atoms with Crippen molar-refractivity contribution in [3.8, 4) is 5.75 Å². The minimum absolute atomic E-state index is 0.154. The van der Waals surface area contributed by atoms with Gasteiger partial charge >= 0.3 is 5.97 Å². The Bertz CT molecular complexity index is 374. The molecule has 15 heavy (non-hydrogen) atoms. The molecule has 0 atom stereocenters. The van der Waals surface area contributed by atoms with Gasteiger partial charge < -0.3 is 9.84 Å². The highest BCUT2D eigenvalue weighted by Crippen LogP contribution is 2.15. The van der Waals surface area contributed by atoms with Crippen molar-refractivity contribution < 1.29 is 14.6 Å². The number of carbonyl (C=O) groups excluding carboxylic acids is 1. The molecule has 1 N–H and O–H groups in total. The lowest BCUT2D eigenvalue weighted by molar-refractivity contribution is -0.140. The minimum Gasteiger partial charge on any atom is -0.508 e. The molecule has 0 spiro atoms. The van der Waals surface area contributed by atoms with Crippen molar-refractivity contribution in [2.75, 3.05) is 0 Å². The van der Waals surface area contributed by atoms with Gasteiger partial charge in [-0.1, -0.05) is 12.6 Å². The quantitative estimate of drug-likeness (QED) is 0.609. The number of hydrogen-bond acceptors (Lipinski definition) is 3. The van der Waals surface area contributed by atoms with Crippen LogP contribution in [-0.4, -0.2) is 11.1 Å². The van der Waals surface area contributed by atoms with Gasteiger partial charge in [0.25, 0.3) is 0 Å². The lowest BCUT2D eigenvalue weighted by Gasteiger charge is -2.05. The second kappa shape index (κ2) is 4.64. The Morgan fingerprint density at radius 1 is 1.47 bits per heavy atom. The average Bonchev–Trinajstić information content (AvgIpc) is 2.12. The third kappa shape index (κ3) is 3.46. The molecule has 0 aliphatic rings. The van der Waals surface area contributed by atoms with Gasteiger partial charge in [-0.3, -0.25) is 0 Å². The Kier molecular flexibility index (Phi) is 3.50. The first kappa shape index (κ1) is 11.3. The van der Waals surface area contributed by atoms with E-state index in [2.05, 4.69) is 6.58 Å². The van der Waals surface area contributed by atoms with E-state index in [1.807, 2.05) is 13.0 Å². The van der Waals surface area contributed by atoms with E-state index in [0.29, 0.717) is 5.57 Å². The van der Waals surface area contributed by atoms with Crippen LogP contribution in [0.3, 0.4) is 0 Å². The van der Waals surface area contributed by atoms with Crippen molar-refractivity contribution in [3.05, 3.63) is 41.5 Å². The summed E-state index contributed by atoms with van der Waals surface area (Å²) >= 11 is 0. The minimum atomic E-state index is -0.420. The molecule has 0 bridgehead atoms. The first-order valence-electron chi connectivity index (χ1n) is 4.61. The van der Waals surface area contributed by atoms with E-state index in [1.54, 1.807) is 19.1 Å². The molecule has 3 nitrogen and oxygen atoms in total. The fourth-order valence-electron chi connectivity index (χ4n) is 1.20. The zero-order valence-corrected chi connectivity index (χ0v) is 8.91. The van der Waals surface area contributed by atoms with Gasteiger partial charge in [0.15, 0.2) is 0 Å². The molecule has 1 rings (SSSR count). The number of phenols is 1. The Morgan fingerprint density at radius 3 is 2.67 bits per heavy atom. The molecule has 3 heteroatoms. The second-order valence-corrected chi connectivity index (χ2v) is 3.53. The van der Waals surface area contributed by atoms with Crippen LogP contribution in [0.25, 0.3) is 0 Å². The van der Waals surface area contributed by atoms with Gasteiger partial charge in [-0.2, -0.15) is 0 Å². The number of ether oxygens (including phenoxy) is 1. The number of hydrogen-bond donors (Lipinski definition) is 1. The van der Waals surface area contributed by atoms with Gasteiger partial charge in [-0.25, -0.2) is 4.79 Å². The molecule has 80 valence electrons.